The topological polar surface area (TPSA) is 141 Å². The van der Waals surface area contributed by atoms with Gasteiger partial charge in [-0.1, -0.05) is 0 Å². The lowest BCUT2D eigenvalue weighted by Gasteiger charge is -2.18. The Balaban J connectivity index is 1.48. The number of hydrogen-bond donors (Lipinski definition) is 3. The summed E-state index contributed by atoms with van der Waals surface area (Å²) in [5.74, 6) is -1.57. The van der Waals surface area contributed by atoms with E-state index < -0.39 is 47.4 Å². The lowest BCUT2D eigenvalue weighted by molar-refractivity contribution is -0.138. The number of aryl methyl sites for hydroxylation is 1. The van der Waals surface area contributed by atoms with Gasteiger partial charge < -0.3 is 20.4 Å². The molecule has 4 rings (SSSR count). The third-order valence-electron chi connectivity index (χ3n) is 5.78. The minimum atomic E-state index is -4.87. The van der Waals surface area contributed by atoms with Gasteiger partial charge in [0.2, 0.25) is 0 Å². The Morgan fingerprint density at radius 3 is 2.79 bits per heavy atom. The van der Waals surface area contributed by atoms with Gasteiger partial charge in [0, 0.05) is 18.8 Å². The second kappa shape index (κ2) is 10.5. The van der Waals surface area contributed by atoms with E-state index in [2.05, 4.69) is 20.4 Å². The molecule has 0 bridgehead atoms. The second-order valence-corrected chi connectivity index (χ2v) is 8.45. The van der Waals surface area contributed by atoms with Gasteiger partial charge in [-0.2, -0.15) is 18.3 Å². The van der Waals surface area contributed by atoms with Crippen molar-refractivity contribution < 1.29 is 26.4 Å². The smallest absolute Gasteiger partial charge is 0.423 e. The maximum absolute atomic E-state index is 15.0. The van der Waals surface area contributed by atoms with Gasteiger partial charge in [-0.25, -0.2) is 19.5 Å². The van der Waals surface area contributed by atoms with E-state index in [1.54, 1.807) is 18.1 Å². The van der Waals surface area contributed by atoms with Crippen LogP contribution in [-0.2, 0) is 12.7 Å². The van der Waals surface area contributed by atoms with Gasteiger partial charge in [0.1, 0.15) is 11.4 Å². The Kier molecular flexibility index (Phi) is 6.25. The molecule has 0 aliphatic heterocycles. The van der Waals surface area contributed by atoms with Crippen LogP contribution in [-0.4, -0.2) is 37.8 Å². The first kappa shape index (κ1) is 22.7. The second-order valence-electron chi connectivity index (χ2n) is 8.45. The predicted molar refractivity (Wildman–Crippen MR) is 132 cm³/mol. The number of nitrogens with one attached hydrogen (secondary N) is 2. The highest BCUT2D eigenvalue weighted by atomic mass is 19.4. The van der Waals surface area contributed by atoms with Crippen molar-refractivity contribution in [1.82, 2.24) is 24.7 Å². The number of fused-ring (bicyclic) bond motifs is 1. The van der Waals surface area contributed by atoms with Crippen LogP contribution in [0, 0.1) is 5.82 Å². The molecule has 4 N–H and O–H groups in total. The number of nitrogens with two attached hydrogens (primary N) is 1. The normalized spacial score (nSPS) is 14.0. The van der Waals surface area contributed by atoms with Crippen LogP contribution >= 0.6 is 0 Å². The zero-order valence-electron chi connectivity index (χ0n) is 22.8. The third kappa shape index (κ3) is 5.43. The van der Waals surface area contributed by atoms with Gasteiger partial charge in [-0.05, 0) is 43.4 Å². The molecule has 3 aromatic heterocycles. The molecular weight excluding hydrogens is 510 g/mol. The molecular formula is C24H23F4N7O3. The number of hydrogen-bond acceptors (Lipinski definition) is 8. The summed E-state index contributed by atoms with van der Waals surface area (Å²) >= 11 is 0. The highest BCUT2D eigenvalue weighted by Gasteiger charge is 2.37. The summed E-state index contributed by atoms with van der Waals surface area (Å²) in [7, 11) is -2.78. The molecule has 1 aromatic carbocycles. The monoisotopic (exact) mass is 536 g/mol. The third-order valence-corrected chi connectivity index (χ3v) is 5.78. The number of anilines is 2. The standard InChI is InChI=1S/C24H23F4N7O3/c1-12(32-17-10-31-34-22(36)19(17)24(26,27)28)4-3-6-35-7-5-13-8-15(16(25)9-14(13)23(35)37)21-30-11-18(38-2)20(29)33-21/h5,7-12H,3-4,6H2,1-2H3,(H2,29,30,33)(H2,32,34,36)/i2D3. The summed E-state index contributed by atoms with van der Waals surface area (Å²) in [6, 6.07) is 3.46. The number of pyridine rings is 1. The van der Waals surface area contributed by atoms with Gasteiger partial charge >= 0.3 is 6.18 Å². The van der Waals surface area contributed by atoms with Crippen molar-refractivity contribution in [1.29, 1.82) is 0 Å². The summed E-state index contributed by atoms with van der Waals surface area (Å²) in [6.45, 7) is 1.81. The minimum Gasteiger partial charge on any atom is -0.491 e. The zero-order valence-corrected chi connectivity index (χ0v) is 19.8. The van der Waals surface area contributed by atoms with Gasteiger partial charge in [-0.15, -0.1) is 0 Å². The van der Waals surface area contributed by atoms with Gasteiger partial charge in [0.25, 0.3) is 11.1 Å². The molecule has 0 amide bonds. The fourth-order valence-electron chi connectivity index (χ4n) is 3.94. The van der Waals surface area contributed by atoms with E-state index in [-0.39, 0.29) is 34.9 Å². The SMILES string of the molecule is [2H]C([2H])([2H])Oc1cnc(-c2cc3ccn(CCCC(C)Nc4cn[nH]c(=O)c4C(F)(F)F)c(=O)c3cc2F)nc1N. The maximum Gasteiger partial charge on any atom is 0.423 e. The lowest BCUT2D eigenvalue weighted by Crippen LogP contribution is -2.27. The van der Waals surface area contributed by atoms with Crippen molar-refractivity contribution in [3.8, 4) is 17.1 Å². The number of alkyl halides is 3. The number of methoxy groups -OCH3 is 1. The van der Waals surface area contributed by atoms with Crippen molar-refractivity contribution >= 4 is 22.3 Å². The molecule has 0 aliphatic rings. The molecule has 1 unspecified atom stereocenters. The molecule has 0 aliphatic carbocycles. The van der Waals surface area contributed by atoms with E-state index in [9.17, 15) is 22.8 Å². The van der Waals surface area contributed by atoms with Crippen molar-refractivity contribution in [2.45, 2.75) is 38.5 Å². The van der Waals surface area contributed by atoms with E-state index in [0.29, 0.717) is 18.2 Å². The molecule has 1 atom stereocenters. The van der Waals surface area contributed by atoms with Crippen molar-refractivity contribution in [3.05, 3.63) is 68.9 Å². The molecule has 0 spiro atoms. The van der Waals surface area contributed by atoms with Crippen LogP contribution in [0.25, 0.3) is 22.2 Å². The molecule has 14 heteroatoms. The van der Waals surface area contributed by atoms with Crippen LogP contribution in [0.3, 0.4) is 0 Å². The summed E-state index contributed by atoms with van der Waals surface area (Å²) in [5.41, 5.74) is 1.99. The molecule has 4 aromatic rings. The lowest BCUT2D eigenvalue weighted by atomic mass is 10.1. The van der Waals surface area contributed by atoms with E-state index in [4.69, 9.17) is 14.6 Å². The van der Waals surface area contributed by atoms with E-state index in [0.717, 1.165) is 18.5 Å². The molecule has 200 valence electrons. The fourth-order valence-corrected chi connectivity index (χ4v) is 3.94. The molecule has 0 radical (unpaired) electrons. The van der Waals surface area contributed by atoms with E-state index in [1.807, 2.05) is 0 Å². The maximum atomic E-state index is 15.0. The van der Waals surface area contributed by atoms with Crippen LogP contribution < -0.4 is 26.9 Å². The van der Waals surface area contributed by atoms with Gasteiger partial charge in [-0.3, -0.25) is 9.59 Å². The zero-order chi connectivity index (χ0) is 30.1. The van der Waals surface area contributed by atoms with Crippen molar-refractivity contribution in [2.24, 2.45) is 0 Å². The van der Waals surface area contributed by atoms with E-state index >= 15 is 4.39 Å². The Morgan fingerprint density at radius 2 is 2.08 bits per heavy atom. The van der Waals surface area contributed by atoms with Crippen LogP contribution in [0.2, 0.25) is 0 Å². The summed E-state index contributed by atoms with van der Waals surface area (Å²) < 4.78 is 82.3. The number of H-pyrrole nitrogens is 1. The highest BCUT2D eigenvalue weighted by Crippen LogP contribution is 2.32. The van der Waals surface area contributed by atoms with Crippen LogP contribution in [0.5, 0.6) is 5.75 Å². The highest BCUT2D eigenvalue weighted by molar-refractivity contribution is 5.86. The molecule has 0 fully saturated rings. The number of aromatic amines is 1. The average molecular weight is 537 g/mol. The van der Waals surface area contributed by atoms with Crippen LogP contribution in [0.15, 0.2) is 46.4 Å². The van der Waals surface area contributed by atoms with Crippen LogP contribution in [0.1, 0.15) is 29.4 Å². The largest absolute Gasteiger partial charge is 0.491 e. The first-order chi connectivity index (χ1) is 19.1. The summed E-state index contributed by atoms with van der Waals surface area (Å²) in [4.78, 5) is 32.5. The number of rotatable bonds is 8. The molecule has 0 saturated carbocycles. The van der Waals surface area contributed by atoms with Gasteiger partial charge in [0.05, 0.1) is 40.2 Å². The predicted octanol–water partition coefficient (Wildman–Crippen LogP) is 3.57. The number of benzene rings is 1. The Hall–Kier alpha value is -4.49. The number of nitrogen functional groups attached to an aromatic ring is 1. The molecule has 0 saturated heterocycles. The van der Waals surface area contributed by atoms with Crippen molar-refractivity contribution in [2.75, 3.05) is 18.1 Å². The molecule has 10 nitrogen and oxygen atoms in total. The first-order valence-corrected chi connectivity index (χ1v) is 11.2. The quantitative estimate of drug-likeness (QED) is 0.290. The summed E-state index contributed by atoms with van der Waals surface area (Å²) in [5, 5.41) is 8.27. The average Bonchev–Trinajstić information content (AvgIpc) is 2.85. The molecule has 38 heavy (non-hydrogen) atoms. The fraction of sp³-hybridized carbons (Fsp3) is 0.292. The first-order valence-electron chi connectivity index (χ1n) is 12.7. The molecule has 3 heterocycles. The Morgan fingerprint density at radius 1 is 1.29 bits per heavy atom. The number of halogens is 4. The number of ether oxygens (including phenoxy) is 1. The van der Waals surface area contributed by atoms with Crippen LogP contribution in [0.4, 0.5) is 29.1 Å². The van der Waals surface area contributed by atoms with E-state index in [1.165, 1.54) is 16.8 Å². The minimum absolute atomic E-state index is 0.0691. The summed E-state index contributed by atoms with van der Waals surface area (Å²) in [6.07, 6.45) is -0.774. The van der Waals surface area contributed by atoms with Crippen molar-refractivity contribution in [3.63, 3.8) is 0 Å². The Bertz CT molecular complexity index is 1710. The number of nitrogens with zero attached hydrogens (tertiary/aromatic N) is 4. The Labute approximate surface area is 216 Å². The number of aromatic nitrogens is 5. The van der Waals surface area contributed by atoms with Gasteiger partial charge in [0.15, 0.2) is 17.4 Å².